The third-order valence-electron chi connectivity index (χ3n) is 3.52. The molecule has 1 fully saturated rings. The fourth-order valence-corrected chi connectivity index (χ4v) is 3.37. The van der Waals surface area contributed by atoms with E-state index >= 15 is 0 Å². The summed E-state index contributed by atoms with van der Waals surface area (Å²) < 4.78 is 0. The SMILES string of the molecule is NC(CC1(CSc2nc3ccccc3[nH]2)CC1)=NO. The van der Waals surface area contributed by atoms with Crippen LogP contribution < -0.4 is 5.73 Å². The number of fused-ring (bicyclic) bond motifs is 1. The van der Waals surface area contributed by atoms with Gasteiger partial charge in [-0.25, -0.2) is 4.98 Å². The van der Waals surface area contributed by atoms with E-state index < -0.39 is 0 Å². The van der Waals surface area contributed by atoms with Crippen LogP contribution in [0.3, 0.4) is 0 Å². The Labute approximate surface area is 115 Å². The standard InChI is InChI=1S/C13H16N4OS/c14-11(17-18)7-13(5-6-13)8-19-12-15-9-3-1-2-4-10(9)16-12/h1-4,18H,5-8H2,(H2,14,17)(H,15,16). The molecule has 1 heterocycles. The molecule has 1 aromatic carbocycles. The fourth-order valence-electron chi connectivity index (χ4n) is 2.19. The Balaban J connectivity index is 1.66. The van der Waals surface area contributed by atoms with Gasteiger partial charge in [0.05, 0.1) is 11.0 Å². The Bertz CT molecular complexity index is 585. The highest BCUT2D eigenvalue weighted by Crippen LogP contribution is 2.51. The summed E-state index contributed by atoms with van der Waals surface area (Å²) in [6.45, 7) is 0. The number of nitrogens with one attached hydrogen (secondary N) is 1. The number of hydrogen-bond acceptors (Lipinski definition) is 4. The molecule has 1 aliphatic carbocycles. The Morgan fingerprint density at radius 2 is 2.26 bits per heavy atom. The number of nitrogens with zero attached hydrogens (tertiary/aromatic N) is 2. The highest BCUT2D eigenvalue weighted by Gasteiger charge is 2.43. The van der Waals surface area contributed by atoms with Crippen LogP contribution in [0, 0.1) is 5.41 Å². The quantitative estimate of drug-likeness (QED) is 0.257. The van der Waals surface area contributed by atoms with E-state index in [0.717, 1.165) is 34.8 Å². The van der Waals surface area contributed by atoms with Crippen LogP contribution in [-0.4, -0.2) is 26.8 Å². The van der Waals surface area contributed by atoms with Crippen LogP contribution in [0.5, 0.6) is 0 Å². The number of benzene rings is 1. The van der Waals surface area contributed by atoms with E-state index in [9.17, 15) is 0 Å². The molecule has 0 atom stereocenters. The Morgan fingerprint density at radius 1 is 1.47 bits per heavy atom. The third kappa shape index (κ3) is 2.68. The Hall–Kier alpha value is -1.69. The van der Waals surface area contributed by atoms with Crippen molar-refractivity contribution in [2.75, 3.05) is 5.75 Å². The molecule has 5 nitrogen and oxygen atoms in total. The number of nitrogens with two attached hydrogens (primary N) is 1. The van der Waals surface area contributed by atoms with Gasteiger partial charge < -0.3 is 15.9 Å². The van der Waals surface area contributed by atoms with Crippen LogP contribution in [0.15, 0.2) is 34.6 Å². The lowest BCUT2D eigenvalue weighted by atomic mass is 10.1. The maximum atomic E-state index is 8.64. The largest absolute Gasteiger partial charge is 0.409 e. The summed E-state index contributed by atoms with van der Waals surface area (Å²) in [5.74, 6) is 1.27. The fraction of sp³-hybridized carbons (Fsp3) is 0.385. The number of thioether (sulfide) groups is 1. The maximum Gasteiger partial charge on any atom is 0.166 e. The first-order valence-corrected chi connectivity index (χ1v) is 7.23. The molecule has 100 valence electrons. The molecule has 1 aliphatic rings. The first kappa shape index (κ1) is 12.3. The van der Waals surface area contributed by atoms with Crippen molar-refractivity contribution in [1.82, 2.24) is 9.97 Å². The molecule has 19 heavy (non-hydrogen) atoms. The lowest BCUT2D eigenvalue weighted by Gasteiger charge is -2.11. The number of para-hydroxylation sites is 2. The van der Waals surface area contributed by atoms with Crippen LogP contribution >= 0.6 is 11.8 Å². The predicted molar refractivity (Wildman–Crippen MR) is 76.5 cm³/mol. The van der Waals surface area contributed by atoms with Crippen molar-refractivity contribution in [2.24, 2.45) is 16.3 Å². The van der Waals surface area contributed by atoms with Crippen molar-refractivity contribution in [3.63, 3.8) is 0 Å². The molecule has 6 heteroatoms. The highest BCUT2D eigenvalue weighted by molar-refractivity contribution is 7.99. The van der Waals surface area contributed by atoms with Crippen molar-refractivity contribution in [2.45, 2.75) is 24.4 Å². The molecular weight excluding hydrogens is 260 g/mol. The number of rotatable bonds is 5. The van der Waals surface area contributed by atoms with E-state index in [1.54, 1.807) is 11.8 Å². The first-order valence-electron chi connectivity index (χ1n) is 6.25. The zero-order valence-electron chi connectivity index (χ0n) is 10.5. The van der Waals surface area contributed by atoms with Crippen LogP contribution in [0.4, 0.5) is 0 Å². The average Bonchev–Trinajstić information content (AvgIpc) is 3.05. The zero-order chi connectivity index (χ0) is 13.3. The second-order valence-electron chi connectivity index (χ2n) is 5.12. The average molecular weight is 276 g/mol. The number of imidazole rings is 1. The van der Waals surface area contributed by atoms with Crippen molar-refractivity contribution >= 4 is 28.6 Å². The van der Waals surface area contributed by atoms with Crippen LogP contribution in [0.25, 0.3) is 11.0 Å². The van der Waals surface area contributed by atoms with Crippen molar-refractivity contribution in [3.8, 4) is 0 Å². The molecule has 0 bridgehead atoms. The van der Waals surface area contributed by atoms with Gasteiger partial charge in [-0.05, 0) is 30.4 Å². The van der Waals surface area contributed by atoms with E-state index in [-0.39, 0.29) is 5.41 Å². The predicted octanol–water partition coefficient (Wildman–Crippen LogP) is 2.57. The van der Waals surface area contributed by atoms with Gasteiger partial charge in [-0.15, -0.1) is 0 Å². The normalized spacial score (nSPS) is 17.8. The van der Waals surface area contributed by atoms with Gasteiger partial charge in [0.15, 0.2) is 5.16 Å². The van der Waals surface area contributed by atoms with Gasteiger partial charge in [0.1, 0.15) is 5.84 Å². The van der Waals surface area contributed by atoms with Crippen molar-refractivity contribution < 1.29 is 5.21 Å². The minimum atomic E-state index is 0.194. The maximum absolute atomic E-state index is 8.64. The number of H-pyrrole nitrogens is 1. The molecule has 2 aromatic rings. The molecule has 0 unspecified atom stereocenters. The summed E-state index contributed by atoms with van der Waals surface area (Å²) in [5, 5.41) is 12.6. The third-order valence-corrected chi connectivity index (χ3v) is 4.75. The molecule has 0 aliphatic heterocycles. The van der Waals surface area contributed by atoms with Gasteiger partial charge in [-0.3, -0.25) is 0 Å². The Morgan fingerprint density at radius 3 is 2.95 bits per heavy atom. The van der Waals surface area contributed by atoms with Gasteiger partial charge >= 0.3 is 0 Å². The smallest absolute Gasteiger partial charge is 0.166 e. The first-order chi connectivity index (χ1) is 9.21. The molecule has 0 spiro atoms. The summed E-state index contributed by atoms with van der Waals surface area (Å²) in [4.78, 5) is 7.84. The Kier molecular flexibility index (Phi) is 3.10. The lowest BCUT2D eigenvalue weighted by Crippen LogP contribution is -2.19. The van der Waals surface area contributed by atoms with E-state index in [1.165, 1.54) is 0 Å². The molecule has 0 saturated heterocycles. The van der Waals surface area contributed by atoms with Crippen molar-refractivity contribution in [1.29, 1.82) is 0 Å². The van der Waals surface area contributed by atoms with Gasteiger partial charge in [-0.1, -0.05) is 29.1 Å². The molecule has 3 rings (SSSR count). The number of amidine groups is 1. The minimum Gasteiger partial charge on any atom is -0.409 e. The van der Waals surface area contributed by atoms with Crippen molar-refractivity contribution in [3.05, 3.63) is 24.3 Å². The molecule has 4 N–H and O–H groups in total. The van der Waals surface area contributed by atoms with Gasteiger partial charge in [0, 0.05) is 12.2 Å². The number of oxime groups is 1. The number of hydrogen-bond donors (Lipinski definition) is 3. The lowest BCUT2D eigenvalue weighted by molar-refractivity contribution is 0.315. The second kappa shape index (κ2) is 4.77. The van der Waals surface area contributed by atoms with Gasteiger partial charge in [0.2, 0.25) is 0 Å². The molecule has 0 amide bonds. The van der Waals surface area contributed by atoms with E-state index in [2.05, 4.69) is 15.1 Å². The van der Waals surface area contributed by atoms with Gasteiger partial charge in [0.25, 0.3) is 0 Å². The van der Waals surface area contributed by atoms with E-state index in [4.69, 9.17) is 10.9 Å². The summed E-state index contributed by atoms with van der Waals surface area (Å²) in [7, 11) is 0. The summed E-state index contributed by atoms with van der Waals surface area (Å²) in [6.07, 6.45) is 2.93. The second-order valence-corrected chi connectivity index (χ2v) is 6.08. The topological polar surface area (TPSA) is 87.3 Å². The summed E-state index contributed by atoms with van der Waals surface area (Å²) in [5.41, 5.74) is 7.84. The summed E-state index contributed by atoms with van der Waals surface area (Å²) >= 11 is 1.71. The van der Waals surface area contributed by atoms with E-state index in [0.29, 0.717) is 12.3 Å². The van der Waals surface area contributed by atoms with Gasteiger partial charge in [-0.2, -0.15) is 0 Å². The minimum absolute atomic E-state index is 0.194. The monoisotopic (exact) mass is 276 g/mol. The molecule has 1 aromatic heterocycles. The number of aromatic nitrogens is 2. The molecule has 1 saturated carbocycles. The van der Waals surface area contributed by atoms with E-state index in [1.807, 2.05) is 24.3 Å². The molecular formula is C13H16N4OS. The summed E-state index contributed by atoms with van der Waals surface area (Å²) in [6, 6.07) is 8.00. The van der Waals surface area contributed by atoms with Crippen LogP contribution in [0.2, 0.25) is 0 Å². The highest BCUT2D eigenvalue weighted by atomic mass is 32.2. The molecule has 0 radical (unpaired) electrons. The zero-order valence-corrected chi connectivity index (χ0v) is 11.3. The van der Waals surface area contributed by atoms with Crippen LogP contribution in [0.1, 0.15) is 19.3 Å². The number of aromatic amines is 1. The van der Waals surface area contributed by atoms with Crippen LogP contribution in [-0.2, 0) is 0 Å².